The Morgan fingerprint density at radius 2 is 2.18 bits per heavy atom. The lowest BCUT2D eigenvalue weighted by molar-refractivity contribution is 0.742. The number of halogens is 1. The van der Waals surface area contributed by atoms with E-state index in [0.717, 1.165) is 25.2 Å². The molecule has 1 aromatic carbocycles. The Morgan fingerprint density at radius 3 is 3.00 bits per heavy atom. The van der Waals surface area contributed by atoms with Crippen LogP contribution in [0.1, 0.15) is 10.4 Å². The van der Waals surface area contributed by atoms with Crippen LogP contribution in [0.15, 0.2) is 29.6 Å². The maximum atomic E-state index is 5.80. The van der Waals surface area contributed by atoms with Crippen molar-refractivity contribution in [2.75, 3.05) is 17.2 Å². The number of anilines is 2. The molecule has 1 aromatic heterocycles. The Labute approximate surface area is 119 Å². The first kappa shape index (κ1) is 11.3. The van der Waals surface area contributed by atoms with Crippen LogP contribution in [0, 0.1) is 3.57 Å². The predicted octanol–water partition coefficient (Wildman–Crippen LogP) is 3.50. The van der Waals surface area contributed by atoms with Crippen LogP contribution in [-0.2, 0) is 13.0 Å². The minimum Gasteiger partial charge on any atom is -0.399 e. The Kier molecular flexibility index (Phi) is 3.00. The van der Waals surface area contributed by atoms with Crippen molar-refractivity contribution in [1.29, 1.82) is 0 Å². The van der Waals surface area contributed by atoms with Gasteiger partial charge in [-0.25, -0.2) is 0 Å². The first-order chi connectivity index (χ1) is 8.24. The van der Waals surface area contributed by atoms with E-state index in [9.17, 15) is 0 Å². The van der Waals surface area contributed by atoms with Crippen LogP contribution >= 0.6 is 33.9 Å². The molecule has 4 heteroatoms. The number of nitrogen functional groups attached to an aromatic ring is 1. The molecule has 0 amide bonds. The molecule has 0 aliphatic carbocycles. The van der Waals surface area contributed by atoms with Gasteiger partial charge in [0.05, 0.1) is 5.69 Å². The van der Waals surface area contributed by atoms with Crippen LogP contribution in [0.3, 0.4) is 0 Å². The normalized spacial score (nSPS) is 14.8. The number of fused-ring (bicyclic) bond motifs is 1. The van der Waals surface area contributed by atoms with Gasteiger partial charge in [-0.05, 0) is 64.2 Å². The van der Waals surface area contributed by atoms with Gasteiger partial charge in [0.1, 0.15) is 0 Å². The molecular formula is C13H13IN2S. The minimum absolute atomic E-state index is 0.839. The number of nitrogens with two attached hydrogens (primary N) is 1. The van der Waals surface area contributed by atoms with Crippen molar-refractivity contribution >= 4 is 45.3 Å². The van der Waals surface area contributed by atoms with E-state index in [-0.39, 0.29) is 0 Å². The lowest BCUT2D eigenvalue weighted by atomic mass is 10.1. The van der Waals surface area contributed by atoms with Crippen molar-refractivity contribution < 1.29 is 0 Å². The second-order valence-electron chi connectivity index (χ2n) is 4.25. The highest BCUT2D eigenvalue weighted by atomic mass is 127. The summed E-state index contributed by atoms with van der Waals surface area (Å²) in [7, 11) is 0. The summed E-state index contributed by atoms with van der Waals surface area (Å²) < 4.78 is 1.24. The van der Waals surface area contributed by atoms with Gasteiger partial charge < -0.3 is 10.6 Å². The van der Waals surface area contributed by atoms with Gasteiger partial charge in [-0.1, -0.05) is 0 Å². The van der Waals surface area contributed by atoms with Gasteiger partial charge in [0.15, 0.2) is 0 Å². The zero-order valence-corrected chi connectivity index (χ0v) is 12.3. The van der Waals surface area contributed by atoms with E-state index in [4.69, 9.17) is 5.73 Å². The van der Waals surface area contributed by atoms with E-state index in [2.05, 4.69) is 45.0 Å². The summed E-state index contributed by atoms with van der Waals surface area (Å²) in [6, 6.07) is 8.41. The van der Waals surface area contributed by atoms with E-state index < -0.39 is 0 Å². The molecule has 0 saturated heterocycles. The predicted molar refractivity (Wildman–Crippen MR) is 82.6 cm³/mol. The summed E-state index contributed by atoms with van der Waals surface area (Å²) in [6.45, 7) is 2.13. The first-order valence-corrected chi connectivity index (χ1v) is 7.55. The molecule has 1 aliphatic rings. The summed E-state index contributed by atoms with van der Waals surface area (Å²) in [5.41, 5.74) is 9.42. The molecule has 2 heterocycles. The lowest BCUT2D eigenvalue weighted by Gasteiger charge is -2.30. The zero-order valence-electron chi connectivity index (χ0n) is 9.32. The molecule has 0 radical (unpaired) electrons. The third-order valence-electron chi connectivity index (χ3n) is 3.12. The maximum absolute atomic E-state index is 5.80. The molecule has 2 aromatic rings. The molecule has 0 bridgehead atoms. The van der Waals surface area contributed by atoms with Crippen molar-refractivity contribution in [1.82, 2.24) is 0 Å². The van der Waals surface area contributed by atoms with Crippen molar-refractivity contribution in [3.05, 3.63) is 43.7 Å². The highest BCUT2D eigenvalue weighted by Crippen LogP contribution is 2.31. The van der Waals surface area contributed by atoms with Crippen LogP contribution in [0.5, 0.6) is 0 Å². The second kappa shape index (κ2) is 4.49. The Morgan fingerprint density at radius 1 is 1.29 bits per heavy atom. The van der Waals surface area contributed by atoms with Crippen LogP contribution in [0.2, 0.25) is 0 Å². The quantitative estimate of drug-likeness (QED) is 0.626. The molecule has 0 atom stereocenters. The summed E-state index contributed by atoms with van der Waals surface area (Å²) >= 11 is 4.25. The number of hydrogen-bond donors (Lipinski definition) is 1. The Hall–Kier alpha value is -0.750. The molecule has 3 rings (SSSR count). The fourth-order valence-corrected chi connectivity index (χ4v) is 4.00. The van der Waals surface area contributed by atoms with Crippen molar-refractivity contribution in [3.8, 4) is 0 Å². The fourth-order valence-electron chi connectivity index (χ4n) is 2.23. The van der Waals surface area contributed by atoms with Crippen LogP contribution in [-0.4, -0.2) is 6.54 Å². The zero-order chi connectivity index (χ0) is 11.8. The highest BCUT2D eigenvalue weighted by Gasteiger charge is 2.18. The summed E-state index contributed by atoms with van der Waals surface area (Å²) in [5, 5.41) is 2.20. The summed E-state index contributed by atoms with van der Waals surface area (Å²) in [5.74, 6) is 0. The van der Waals surface area contributed by atoms with Gasteiger partial charge >= 0.3 is 0 Å². The van der Waals surface area contributed by atoms with E-state index in [1.807, 2.05) is 23.5 Å². The standard InChI is InChI=1S/C13H13IN2S/c14-11-7-10(15)1-2-12(11)16-5-3-13-9(8-16)4-6-17-13/h1-2,4,6-7H,3,5,8,15H2. The number of thiophene rings is 1. The second-order valence-corrected chi connectivity index (χ2v) is 6.41. The maximum Gasteiger partial charge on any atom is 0.0506 e. The molecular weight excluding hydrogens is 343 g/mol. The topological polar surface area (TPSA) is 29.3 Å². The molecule has 17 heavy (non-hydrogen) atoms. The van der Waals surface area contributed by atoms with Gasteiger partial charge in [-0.3, -0.25) is 0 Å². The molecule has 1 aliphatic heterocycles. The molecule has 0 spiro atoms. The monoisotopic (exact) mass is 356 g/mol. The molecule has 2 nitrogen and oxygen atoms in total. The number of nitrogens with zero attached hydrogens (tertiary/aromatic N) is 1. The molecule has 88 valence electrons. The van der Waals surface area contributed by atoms with Crippen LogP contribution in [0.4, 0.5) is 11.4 Å². The van der Waals surface area contributed by atoms with Crippen molar-refractivity contribution in [2.24, 2.45) is 0 Å². The van der Waals surface area contributed by atoms with Crippen molar-refractivity contribution in [3.63, 3.8) is 0 Å². The van der Waals surface area contributed by atoms with Gasteiger partial charge in [-0.15, -0.1) is 11.3 Å². The molecule has 0 fully saturated rings. The van der Waals surface area contributed by atoms with Crippen LogP contribution in [0.25, 0.3) is 0 Å². The van der Waals surface area contributed by atoms with Gasteiger partial charge in [0.2, 0.25) is 0 Å². The third-order valence-corrected chi connectivity index (χ3v) is 5.01. The average Bonchev–Trinajstić information content (AvgIpc) is 2.75. The van der Waals surface area contributed by atoms with E-state index in [1.54, 1.807) is 4.88 Å². The third kappa shape index (κ3) is 2.15. The largest absolute Gasteiger partial charge is 0.399 e. The highest BCUT2D eigenvalue weighted by molar-refractivity contribution is 14.1. The van der Waals surface area contributed by atoms with Gasteiger partial charge in [0.25, 0.3) is 0 Å². The summed E-state index contributed by atoms with van der Waals surface area (Å²) in [6.07, 6.45) is 1.16. The van der Waals surface area contributed by atoms with Crippen molar-refractivity contribution in [2.45, 2.75) is 13.0 Å². The smallest absolute Gasteiger partial charge is 0.0506 e. The lowest BCUT2D eigenvalue weighted by Crippen LogP contribution is -2.29. The molecule has 0 unspecified atom stereocenters. The SMILES string of the molecule is Nc1ccc(N2CCc3sccc3C2)c(I)c1. The average molecular weight is 356 g/mol. The van der Waals surface area contributed by atoms with Gasteiger partial charge in [0, 0.05) is 27.2 Å². The Balaban J connectivity index is 1.91. The Bertz CT molecular complexity index is 550. The van der Waals surface area contributed by atoms with E-state index in [0.29, 0.717) is 0 Å². The summed E-state index contributed by atoms with van der Waals surface area (Å²) in [4.78, 5) is 3.99. The molecule has 0 saturated carbocycles. The number of hydrogen-bond acceptors (Lipinski definition) is 3. The first-order valence-electron chi connectivity index (χ1n) is 5.59. The number of benzene rings is 1. The molecule has 2 N–H and O–H groups in total. The van der Waals surface area contributed by atoms with Crippen LogP contribution < -0.4 is 10.6 Å². The minimum atomic E-state index is 0.839. The fraction of sp³-hybridized carbons (Fsp3) is 0.231. The van der Waals surface area contributed by atoms with E-state index >= 15 is 0 Å². The van der Waals surface area contributed by atoms with Gasteiger partial charge in [-0.2, -0.15) is 0 Å². The number of rotatable bonds is 1. The van der Waals surface area contributed by atoms with E-state index in [1.165, 1.54) is 14.8 Å².